The number of aryl methyl sites for hydroxylation is 1. The minimum absolute atomic E-state index is 0.341. The van der Waals surface area contributed by atoms with Gasteiger partial charge in [-0.25, -0.2) is 14.8 Å². The lowest BCUT2D eigenvalue weighted by molar-refractivity contribution is 0.168. The lowest BCUT2D eigenvalue weighted by Gasteiger charge is -2.09. The Morgan fingerprint density at radius 3 is 3.00 bits per heavy atom. The molecule has 0 unspecified atom stereocenters. The molecule has 3 aromatic rings. The Morgan fingerprint density at radius 1 is 1.36 bits per heavy atom. The molecule has 5 nitrogen and oxygen atoms in total. The minimum Gasteiger partial charge on any atom is -0.450 e. The van der Waals surface area contributed by atoms with Gasteiger partial charge >= 0.3 is 6.09 Å². The van der Waals surface area contributed by atoms with Gasteiger partial charge in [0, 0.05) is 17.4 Å². The average molecular weight is 313 g/mol. The van der Waals surface area contributed by atoms with Gasteiger partial charge in [-0.2, -0.15) is 0 Å². The maximum atomic E-state index is 11.6. The van der Waals surface area contributed by atoms with Gasteiger partial charge in [-0.05, 0) is 37.6 Å². The Hall–Kier alpha value is -2.47. The molecule has 0 bridgehead atoms. The highest BCUT2D eigenvalue weighted by molar-refractivity contribution is 7.21. The summed E-state index contributed by atoms with van der Waals surface area (Å²) in [4.78, 5) is 21.4. The lowest BCUT2D eigenvalue weighted by Crippen LogP contribution is -2.14. The summed E-state index contributed by atoms with van der Waals surface area (Å²) in [6.45, 7) is 4.05. The van der Waals surface area contributed by atoms with Crippen molar-refractivity contribution in [3.05, 3.63) is 42.1 Å². The van der Waals surface area contributed by atoms with E-state index in [9.17, 15) is 4.79 Å². The topological polar surface area (TPSA) is 64.1 Å². The highest BCUT2D eigenvalue weighted by Gasteiger charge is 2.10. The zero-order valence-corrected chi connectivity index (χ0v) is 13.1. The second-order valence-electron chi connectivity index (χ2n) is 4.72. The molecule has 0 aliphatic heterocycles. The molecule has 3 rings (SSSR count). The Labute approximate surface area is 132 Å². The molecule has 0 aliphatic rings. The van der Waals surface area contributed by atoms with E-state index < -0.39 is 6.09 Å². The van der Waals surface area contributed by atoms with E-state index in [0.717, 1.165) is 32.2 Å². The summed E-state index contributed by atoms with van der Waals surface area (Å²) in [5.74, 6) is 0. The molecule has 0 saturated carbocycles. The van der Waals surface area contributed by atoms with Gasteiger partial charge in [0.05, 0.1) is 6.61 Å². The first-order valence-corrected chi connectivity index (χ1v) is 7.75. The molecular formula is C16H15N3O2S. The van der Waals surface area contributed by atoms with Crippen molar-refractivity contribution in [1.82, 2.24) is 9.97 Å². The number of hydrogen-bond donors (Lipinski definition) is 1. The number of anilines is 1. The molecule has 1 aromatic carbocycles. The molecule has 0 radical (unpaired) electrons. The van der Waals surface area contributed by atoms with Gasteiger partial charge in [0.15, 0.2) is 0 Å². The summed E-state index contributed by atoms with van der Waals surface area (Å²) in [5, 5.41) is 3.63. The number of fused-ring (bicyclic) bond motifs is 1. The average Bonchev–Trinajstić information content (AvgIpc) is 2.93. The third-order valence-corrected chi connectivity index (χ3v) is 4.19. The SMILES string of the molecule is CCOC(=O)Nc1cc(-c2nc3cccnc3s2)ccc1C. The molecule has 0 spiro atoms. The quantitative estimate of drug-likeness (QED) is 0.785. The van der Waals surface area contributed by atoms with Gasteiger partial charge in [-0.15, -0.1) is 0 Å². The third-order valence-electron chi connectivity index (χ3n) is 3.16. The molecule has 112 valence electrons. The van der Waals surface area contributed by atoms with Crippen LogP contribution in [0.15, 0.2) is 36.5 Å². The van der Waals surface area contributed by atoms with Crippen LogP contribution in [0.1, 0.15) is 12.5 Å². The first kappa shape index (κ1) is 14.5. The van der Waals surface area contributed by atoms with E-state index in [2.05, 4.69) is 15.3 Å². The summed E-state index contributed by atoms with van der Waals surface area (Å²) >= 11 is 1.53. The maximum Gasteiger partial charge on any atom is 0.411 e. The number of ether oxygens (including phenoxy) is 1. The van der Waals surface area contributed by atoms with Crippen LogP contribution in [0.25, 0.3) is 20.9 Å². The summed E-state index contributed by atoms with van der Waals surface area (Å²) in [6, 6.07) is 9.66. The van der Waals surface area contributed by atoms with Crippen molar-refractivity contribution >= 4 is 33.5 Å². The number of amides is 1. The van der Waals surface area contributed by atoms with Crippen molar-refractivity contribution in [3.63, 3.8) is 0 Å². The molecule has 6 heteroatoms. The molecule has 1 amide bonds. The largest absolute Gasteiger partial charge is 0.450 e. The molecule has 1 N–H and O–H groups in total. The summed E-state index contributed by atoms with van der Waals surface area (Å²) in [7, 11) is 0. The number of carbonyl (C=O) groups excluding carboxylic acids is 1. The van der Waals surface area contributed by atoms with Crippen LogP contribution in [-0.4, -0.2) is 22.7 Å². The zero-order valence-electron chi connectivity index (χ0n) is 12.3. The van der Waals surface area contributed by atoms with Crippen molar-refractivity contribution < 1.29 is 9.53 Å². The highest BCUT2D eigenvalue weighted by atomic mass is 32.1. The molecule has 2 aromatic heterocycles. The Kier molecular flexibility index (Phi) is 4.02. The molecule has 0 aliphatic carbocycles. The Morgan fingerprint density at radius 2 is 2.23 bits per heavy atom. The number of pyridine rings is 1. The van der Waals surface area contributed by atoms with E-state index in [4.69, 9.17) is 4.74 Å². The second kappa shape index (κ2) is 6.11. The smallest absolute Gasteiger partial charge is 0.411 e. The predicted octanol–water partition coefficient (Wildman–Crippen LogP) is 4.24. The van der Waals surface area contributed by atoms with Crippen LogP contribution in [-0.2, 0) is 4.74 Å². The fourth-order valence-corrected chi connectivity index (χ4v) is 2.96. The molecule has 2 heterocycles. The highest BCUT2D eigenvalue weighted by Crippen LogP contribution is 2.31. The van der Waals surface area contributed by atoms with Crippen molar-refractivity contribution in [2.24, 2.45) is 0 Å². The second-order valence-corrected chi connectivity index (χ2v) is 5.70. The number of nitrogens with zero attached hydrogens (tertiary/aromatic N) is 2. The number of hydrogen-bond acceptors (Lipinski definition) is 5. The Balaban J connectivity index is 1.95. The summed E-state index contributed by atoms with van der Waals surface area (Å²) in [6.07, 6.45) is 1.31. The number of thiazole rings is 1. The normalized spacial score (nSPS) is 10.6. The van der Waals surface area contributed by atoms with E-state index in [1.165, 1.54) is 11.3 Å². The minimum atomic E-state index is -0.450. The van der Waals surface area contributed by atoms with Gasteiger partial charge in [0.1, 0.15) is 15.4 Å². The van der Waals surface area contributed by atoms with Gasteiger partial charge in [0.25, 0.3) is 0 Å². The van der Waals surface area contributed by atoms with Gasteiger partial charge in [0.2, 0.25) is 0 Å². The van der Waals surface area contributed by atoms with E-state index in [-0.39, 0.29) is 0 Å². The van der Waals surface area contributed by atoms with Crippen molar-refractivity contribution in [2.75, 3.05) is 11.9 Å². The van der Waals surface area contributed by atoms with E-state index in [1.54, 1.807) is 13.1 Å². The van der Waals surface area contributed by atoms with Gasteiger partial charge in [-0.1, -0.05) is 23.5 Å². The zero-order chi connectivity index (χ0) is 15.5. The summed E-state index contributed by atoms with van der Waals surface area (Å²) in [5.41, 5.74) is 3.52. The number of carbonyl (C=O) groups is 1. The van der Waals surface area contributed by atoms with E-state index >= 15 is 0 Å². The Bertz CT molecular complexity index is 796. The van der Waals surface area contributed by atoms with Crippen molar-refractivity contribution in [1.29, 1.82) is 0 Å². The van der Waals surface area contributed by atoms with Crippen LogP contribution in [0.4, 0.5) is 10.5 Å². The van der Waals surface area contributed by atoms with Crippen LogP contribution in [0.5, 0.6) is 0 Å². The van der Waals surface area contributed by atoms with Gasteiger partial charge < -0.3 is 4.74 Å². The molecule has 0 fully saturated rings. The van der Waals surface area contributed by atoms with E-state index in [0.29, 0.717) is 6.61 Å². The number of rotatable bonds is 3. The van der Waals surface area contributed by atoms with Crippen LogP contribution >= 0.6 is 11.3 Å². The fourth-order valence-electron chi connectivity index (χ4n) is 2.06. The van der Waals surface area contributed by atoms with Crippen molar-refractivity contribution in [2.45, 2.75) is 13.8 Å². The predicted molar refractivity (Wildman–Crippen MR) is 88.2 cm³/mol. The first-order chi connectivity index (χ1) is 10.7. The molecule has 22 heavy (non-hydrogen) atoms. The van der Waals surface area contributed by atoms with E-state index in [1.807, 2.05) is 37.3 Å². The number of benzene rings is 1. The molecule has 0 saturated heterocycles. The monoisotopic (exact) mass is 313 g/mol. The molecule has 0 atom stereocenters. The van der Waals surface area contributed by atoms with Crippen LogP contribution in [0.2, 0.25) is 0 Å². The fraction of sp³-hybridized carbons (Fsp3) is 0.188. The molecular weight excluding hydrogens is 298 g/mol. The lowest BCUT2D eigenvalue weighted by atomic mass is 10.1. The third kappa shape index (κ3) is 2.92. The number of aromatic nitrogens is 2. The summed E-state index contributed by atoms with van der Waals surface area (Å²) < 4.78 is 4.92. The first-order valence-electron chi connectivity index (χ1n) is 6.93. The van der Waals surface area contributed by atoms with Gasteiger partial charge in [-0.3, -0.25) is 5.32 Å². The van der Waals surface area contributed by atoms with Crippen molar-refractivity contribution in [3.8, 4) is 10.6 Å². The van der Waals surface area contributed by atoms with Crippen LogP contribution in [0, 0.1) is 6.92 Å². The maximum absolute atomic E-state index is 11.6. The van der Waals surface area contributed by atoms with Crippen LogP contribution in [0.3, 0.4) is 0 Å². The standard InChI is InChI=1S/C16H15N3O2S/c1-3-21-16(20)19-13-9-11(7-6-10(13)2)14-18-12-5-4-8-17-15(12)22-14/h4-9H,3H2,1-2H3,(H,19,20). The number of nitrogens with one attached hydrogen (secondary N) is 1. The van der Waals surface area contributed by atoms with Crippen LogP contribution < -0.4 is 5.32 Å².